The van der Waals surface area contributed by atoms with Gasteiger partial charge in [-0.05, 0) is 18.6 Å². The number of hydrogen-bond acceptors (Lipinski definition) is 3. The highest BCUT2D eigenvalue weighted by Crippen LogP contribution is 2.17. The predicted octanol–water partition coefficient (Wildman–Crippen LogP) is 0.927. The third kappa shape index (κ3) is 3.03. The Labute approximate surface area is 132 Å². The number of fused-ring (bicyclic) bond motifs is 1. The summed E-state index contributed by atoms with van der Waals surface area (Å²) in [6.07, 6.45) is 0.561. The topological polar surface area (TPSA) is 93.7 Å². The Balaban J connectivity index is 1.73. The molecule has 23 heavy (non-hydrogen) atoms. The number of hydrogen-bond donors (Lipinski definition) is 2. The van der Waals surface area contributed by atoms with Crippen molar-refractivity contribution in [2.45, 2.75) is 6.42 Å². The molecule has 2 heterocycles. The molecule has 1 aromatic carbocycles. The molecule has 0 atom stereocenters. The van der Waals surface area contributed by atoms with Gasteiger partial charge in [0, 0.05) is 37.1 Å². The summed E-state index contributed by atoms with van der Waals surface area (Å²) in [7, 11) is 0. The molecule has 1 aliphatic heterocycles. The summed E-state index contributed by atoms with van der Waals surface area (Å²) in [4.78, 5) is 40.9. The Morgan fingerprint density at radius 2 is 1.70 bits per heavy atom. The van der Waals surface area contributed by atoms with Gasteiger partial charge in [-0.15, -0.1) is 0 Å². The average Bonchev–Trinajstić information content (AvgIpc) is 2.83. The Kier molecular flexibility index (Phi) is 4.01. The second-order valence-electron chi connectivity index (χ2n) is 5.51. The summed E-state index contributed by atoms with van der Waals surface area (Å²) in [6.45, 7) is 1.41. The Morgan fingerprint density at radius 3 is 2.43 bits per heavy atom. The highest BCUT2D eigenvalue weighted by atomic mass is 16.4. The maximum atomic E-state index is 12.6. The first-order valence-electron chi connectivity index (χ1n) is 7.45. The van der Waals surface area contributed by atoms with Crippen LogP contribution in [0, 0.1) is 0 Å². The van der Waals surface area contributed by atoms with Crippen molar-refractivity contribution in [3.8, 4) is 0 Å². The SMILES string of the molecule is O=C(O)C(=O)N1CCCN(C(=O)c2cc3ccccc3[nH]2)CC1. The lowest BCUT2D eigenvalue weighted by Crippen LogP contribution is -2.40. The quantitative estimate of drug-likeness (QED) is 0.765. The Hall–Kier alpha value is -2.83. The molecule has 0 bridgehead atoms. The summed E-state index contributed by atoms with van der Waals surface area (Å²) in [5, 5.41) is 9.75. The van der Waals surface area contributed by atoms with Crippen LogP contribution < -0.4 is 0 Å². The molecule has 2 N–H and O–H groups in total. The van der Waals surface area contributed by atoms with Crippen molar-refractivity contribution in [1.82, 2.24) is 14.8 Å². The minimum atomic E-state index is -1.46. The standard InChI is InChI=1S/C16H17N3O4/c20-14(13-10-11-4-1-2-5-12(11)17-13)18-6-3-7-19(9-8-18)15(21)16(22)23/h1-2,4-5,10,17H,3,6-9H2,(H,22,23). The van der Waals surface area contributed by atoms with E-state index in [0.717, 1.165) is 10.9 Å². The predicted molar refractivity (Wildman–Crippen MR) is 83.0 cm³/mol. The molecule has 0 aliphatic carbocycles. The van der Waals surface area contributed by atoms with Crippen LogP contribution in [0.5, 0.6) is 0 Å². The molecule has 0 saturated carbocycles. The Bertz CT molecular complexity index is 735. The van der Waals surface area contributed by atoms with E-state index < -0.39 is 11.9 Å². The van der Waals surface area contributed by atoms with Crippen molar-refractivity contribution in [2.24, 2.45) is 0 Å². The molecule has 7 nitrogen and oxygen atoms in total. The van der Waals surface area contributed by atoms with Gasteiger partial charge in [-0.2, -0.15) is 0 Å². The lowest BCUT2D eigenvalue weighted by molar-refractivity contribution is -0.155. The number of aromatic nitrogens is 1. The first kappa shape index (κ1) is 15.1. The van der Waals surface area contributed by atoms with E-state index in [-0.39, 0.29) is 12.5 Å². The van der Waals surface area contributed by atoms with Gasteiger partial charge in [-0.25, -0.2) is 4.79 Å². The zero-order valence-electron chi connectivity index (χ0n) is 12.5. The molecule has 1 saturated heterocycles. The summed E-state index contributed by atoms with van der Waals surface area (Å²) in [5.41, 5.74) is 1.40. The third-order valence-electron chi connectivity index (χ3n) is 4.01. The van der Waals surface area contributed by atoms with E-state index in [1.54, 1.807) is 4.90 Å². The number of rotatable bonds is 1. The van der Waals surface area contributed by atoms with E-state index in [1.165, 1.54) is 4.90 Å². The van der Waals surface area contributed by atoms with Gasteiger partial charge in [0.25, 0.3) is 5.91 Å². The summed E-state index contributed by atoms with van der Waals surface area (Å²) in [6, 6.07) is 9.45. The molecule has 1 fully saturated rings. The van der Waals surface area contributed by atoms with E-state index in [0.29, 0.717) is 31.7 Å². The van der Waals surface area contributed by atoms with Crippen molar-refractivity contribution >= 4 is 28.7 Å². The second kappa shape index (κ2) is 6.12. The number of H-pyrrole nitrogens is 1. The smallest absolute Gasteiger partial charge is 0.394 e. The first-order chi connectivity index (χ1) is 11.1. The van der Waals surface area contributed by atoms with E-state index in [4.69, 9.17) is 5.11 Å². The normalized spacial score (nSPS) is 15.5. The maximum absolute atomic E-state index is 12.6. The van der Waals surface area contributed by atoms with Crippen molar-refractivity contribution in [3.05, 3.63) is 36.0 Å². The Morgan fingerprint density at radius 1 is 1.00 bits per heavy atom. The van der Waals surface area contributed by atoms with E-state index in [9.17, 15) is 14.4 Å². The van der Waals surface area contributed by atoms with Gasteiger partial charge in [0.15, 0.2) is 0 Å². The number of aliphatic carboxylic acids is 1. The third-order valence-corrected chi connectivity index (χ3v) is 4.01. The number of nitrogens with one attached hydrogen (secondary N) is 1. The van der Waals surface area contributed by atoms with Gasteiger partial charge >= 0.3 is 11.9 Å². The molecule has 0 radical (unpaired) electrons. The molecule has 120 valence electrons. The van der Waals surface area contributed by atoms with Crippen molar-refractivity contribution in [3.63, 3.8) is 0 Å². The van der Waals surface area contributed by atoms with Crippen LogP contribution in [-0.4, -0.2) is 63.9 Å². The second-order valence-corrected chi connectivity index (χ2v) is 5.51. The molecular weight excluding hydrogens is 298 g/mol. The number of carbonyl (C=O) groups is 3. The molecule has 1 aliphatic rings. The van der Waals surface area contributed by atoms with Gasteiger partial charge in [0.1, 0.15) is 5.69 Å². The van der Waals surface area contributed by atoms with Crippen LogP contribution in [0.4, 0.5) is 0 Å². The van der Waals surface area contributed by atoms with Crippen LogP contribution in [0.3, 0.4) is 0 Å². The zero-order valence-corrected chi connectivity index (χ0v) is 12.5. The van der Waals surface area contributed by atoms with E-state index in [2.05, 4.69) is 4.98 Å². The highest BCUT2D eigenvalue weighted by molar-refractivity contribution is 6.31. The monoisotopic (exact) mass is 315 g/mol. The van der Waals surface area contributed by atoms with Crippen LogP contribution in [0.2, 0.25) is 0 Å². The zero-order chi connectivity index (χ0) is 16.4. The fourth-order valence-corrected chi connectivity index (χ4v) is 2.82. The number of amides is 2. The fourth-order valence-electron chi connectivity index (χ4n) is 2.82. The average molecular weight is 315 g/mol. The van der Waals surface area contributed by atoms with Crippen molar-refractivity contribution in [1.29, 1.82) is 0 Å². The number of benzene rings is 1. The molecule has 7 heteroatoms. The van der Waals surface area contributed by atoms with Gasteiger partial charge < -0.3 is 19.9 Å². The van der Waals surface area contributed by atoms with Gasteiger partial charge in [-0.3, -0.25) is 9.59 Å². The van der Waals surface area contributed by atoms with Crippen molar-refractivity contribution in [2.75, 3.05) is 26.2 Å². The molecular formula is C16H17N3O4. The fraction of sp³-hybridized carbons (Fsp3) is 0.312. The van der Waals surface area contributed by atoms with Gasteiger partial charge in [0.05, 0.1) is 0 Å². The highest BCUT2D eigenvalue weighted by Gasteiger charge is 2.26. The molecule has 0 spiro atoms. The summed E-state index contributed by atoms with van der Waals surface area (Å²) in [5.74, 6) is -2.50. The first-order valence-corrected chi connectivity index (χ1v) is 7.45. The largest absolute Gasteiger partial charge is 0.474 e. The van der Waals surface area contributed by atoms with Crippen LogP contribution in [-0.2, 0) is 9.59 Å². The van der Waals surface area contributed by atoms with Crippen LogP contribution >= 0.6 is 0 Å². The minimum absolute atomic E-state index is 0.133. The lowest BCUT2D eigenvalue weighted by Gasteiger charge is -2.20. The van der Waals surface area contributed by atoms with Crippen LogP contribution in [0.1, 0.15) is 16.9 Å². The number of carbonyl (C=O) groups excluding carboxylic acids is 2. The molecule has 2 amide bonds. The van der Waals surface area contributed by atoms with Crippen LogP contribution in [0.15, 0.2) is 30.3 Å². The van der Waals surface area contributed by atoms with Crippen LogP contribution in [0.25, 0.3) is 10.9 Å². The lowest BCUT2D eigenvalue weighted by atomic mass is 10.2. The molecule has 0 unspecified atom stereocenters. The summed E-state index contributed by atoms with van der Waals surface area (Å²) < 4.78 is 0. The van der Waals surface area contributed by atoms with Crippen molar-refractivity contribution < 1.29 is 19.5 Å². The summed E-state index contributed by atoms with van der Waals surface area (Å²) >= 11 is 0. The molecule has 2 aromatic rings. The number of aromatic amines is 1. The number of carboxylic acid groups (broad SMARTS) is 1. The van der Waals surface area contributed by atoms with Gasteiger partial charge in [-0.1, -0.05) is 18.2 Å². The number of carboxylic acids is 1. The van der Waals surface area contributed by atoms with Gasteiger partial charge in [0.2, 0.25) is 0 Å². The maximum Gasteiger partial charge on any atom is 0.394 e. The molecule has 3 rings (SSSR count). The minimum Gasteiger partial charge on any atom is -0.474 e. The van der Waals surface area contributed by atoms with E-state index in [1.807, 2.05) is 30.3 Å². The number of para-hydroxylation sites is 1. The molecule has 1 aromatic heterocycles. The van der Waals surface area contributed by atoms with E-state index >= 15 is 0 Å². The number of nitrogens with zero attached hydrogens (tertiary/aromatic N) is 2.